The van der Waals surface area contributed by atoms with Gasteiger partial charge in [0, 0.05) is 49.9 Å². The predicted octanol–water partition coefficient (Wildman–Crippen LogP) is 4.93. The van der Waals surface area contributed by atoms with Crippen molar-refractivity contribution in [1.29, 1.82) is 0 Å². The molecule has 0 saturated carbocycles. The third kappa shape index (κ3) is 5.29. The molecule has 1 saturated heterocycles. The molecular formula is C28H30N4O3S. The normalized spacial score (nSPS) is 14.1. The second-order valence-corrected chi connectivity index (χ2v) is 9.60. The van der Waals surface area contributed by atoms with Gasteiger partial charge < -0.3 is 19.7 Å². The SMILES string of the molecule is COc1ccc(C(=O)Nc2ccc(CCN3CCN(c4nsc5ccccc45)CC3)cc2)c(OC)c1. The molecular weight excluding hydrogens is 472 g/mol. The minimum Gasteiger partial charge on any atom is -0.497 e. The number of carbonyl (C=O) groups excluding carboxylic acids is 1. The summed E-state index contributed by atoms with van der Waals surface area (Å²) >= 11 is 1.58. The summed E-state index contributed by atoms with van der Waals surface area (Å²) in [4.78, 5) is 17.7. The fourth-order valence-corrected chi connectivity index (χ4v) is 5.31. The first-order chi connectivity index (χ1) is 17.6. The number of piperazine rings is 1. The second kappa shape index (κ2) is 11.0. The van der Waals surface area contributed by atoms with Crippen LogP contribution in [0.3, 0.4) is 0 Å². The molecule has 1 aliphatic rings. The minimum atomic E-state index is -0.215. The summed E-state index contributed by atoms with van der Waals surface area (Å²) in [6.45, 7) is 5.06. The van der Waals surface area contributed by atoms with Gasteiger partial charge in [-0.1, -0.05) is 24.3 Å². The van der Waals surface area contributed by atoms with Crippen molar-refractivity contribution in [3.05, 3.63) is 77.9 Å². The summed E-state index contributed by atoms with van der Waals surface area (Å²) in [7, 11) is 3.13. The van der Waals surface area contributed by atoms with Crippen LogP contribution in [-0.4, -0.2) is 62.1 Å². The lowest BCUT2D eigenvalue weighted by Crippen LogP contribution is -2.47. The lowest BCUT2D eigenvalue weighted by atomic mass is 10.1. The summed E-state index contributed by atoms with van der Waals surface area (Å²) in [6.07, 6.45) is 0.972. The van der Waals surface area contributed by atoms with Crippen LogP contribution in [-0.2, 0) is 6.42 Å². The van der Waals surface area contributed by atoms with Crippen LogP contribution in [0.1, 0.15) is 15.9 Å². The fraction of sp³-hybridized carbons (Fsp3) is 0.286. The molecule has 0 radical (unpaired) electrons. The van der Waals surface area contributed by atoms with E-state index in [4.69, 9.17) is 13.8 Å². The van der Waals surface area contributed by atoms with Crippen LogP contribution in [0.5, 0.6) is 11.5 Å². The number of methoxy groups -OCH3 is 2. The van der Waals surface area contributed by atoms with E-state index in [0.29, 0.717) is 17.1 Å². The van der Waals surface area contributed by atoms with Gasteiger partial charge in [-0.3, -0.25) is 9.69 Å². The highest BCUT2D eigenvalue weighted by molar-refractivity contribution is 7.13. The van der Waals surface area contributed by atoms with Crippen molar-refractivity contribution in [3.8, 4) is 11.5 Å². The zero-order valence-electron chi connectivity index (χ0n) is 20.6. The van der Waals surface area contributed by atoms with Gasteiger partial charge >= 0.3 is 0 Å². The summed E-state index contributed by atoms with van der Waals surface area (Å²) < 4.78 is 16.5. The Morgan fingerprint density at radius 1 is 0.972 bits per heavy atom. The van der Waals surface area contributed by atoms with Crippen molar-refractivity contribution in [1.82, 2.24) is 9.27 Å². The molecule has 3 aromatic carbocycles. The number of hydrogen-bond donors (Lipinski definition) is 1. The Hall–Kier alpha value is -3.62. The number of hydrogen-bond acceptors (Lipinski definition) is 7. The Bertz CT molecular complexity index is 1330. The van der Waals surface area contributed by atoms with E-state index in [9.17, 15) is 4.79 Å². The van der Waals surface area contributed by atoms with Crippen LogP contribution in [0.15, 0.2) is 66.7 Å². The van der Waals surface area contributed by atoms with Crippen molar-refractivity contribution in [2.45, 2.75) is 6.42 Å². The minimum absolute atomic E-state index is 0.215. The summed E-state index contributed by atoms with van der Waals surface area (Å²) in [5.74, 6) is 2.03. The van der Waals surface area contributed by atoms with Gasteiger partial charge in [0.1, 0.15) is 17.3 Å². The standard InChI is InChI=1S/C28H30N4O3S/c1-34-22-11-12-23(25(19-22)35-2)28(33)29-21-9-7-20(8-10-21)13-14-31-15-17-32(18-16-31)27-24-5-3-4-6-26(24)36-30-27/h3-12,19H,13-18H2,1-2H3,(H,29,33). The van der Waals surface area contributed by atoms with E-state index in [1.54, 1.807) is 44.0 Å². The van der Waals surface area contributed by atoms with E-state index < -0.39 is 0 Å². The first kappa shape index (κ1) is 24.1. The third-order valence-corrected chi connectivity index (χ3v) is 7.43. The molecule has 2 heterocycles. The molecule has 0 atom stereocenters. The van der Waals surface area contributed by atoms with Crippen molar-refractivity contribution in [3.63, 3.8) is 0 Å². The number of anilines is 2. The van der Waals surface area contributed by atoms with Crippen LogP contribution < -0.4 is 19.7 Å². The Labute approximate surface area is 215 Å². The Morgan fingerprint density at radius 3 is 2.50 bits per heavy atom. The Balaban J connectivity index is 1.12. The lowest BCUT2D eigenvalue weighted by molar-refractivity contribution is 0.102. The Morgan fingerprint density at radius 2 is 1.75 bits per heavy atom. The predicted molar refractivity (Wildman–Crippen MR) is 146 cm³/mol. The number of nitrogens with zero attached hydrogens (tertiary/aromatic N) is 3. The van der Waals surface area contributed by atoms with Gasteiger partial charge in [-0.05, 0) is 59.9 Å². The molecule has 1 N–H and O–H groups in total. The van der Waals surface area contributed by atoms with Gasteiger partial charge in [0.2, 0.25) is 0 Å². The zero-order chi connectivity index (χ0) is 24.9. The number of nitrogens with one attached hydrogen (secondary N) is 1. The van der Waals surface area contributed by atoms with Crippen molar-refractivity contribution < 1.29 is 14.3 Å². The molecule has 1 aromatic heterocycles. The molecule has 1 fully saturated rings. The van der Waals surface area contributed by atoms with Gasteiger partial charge in [-0.25, -0.2) is 0 Å². The highest BCUT2D eigenvalue weighted by Crippen LogP contribution is 2.30. The molecule has 1 amide bonds. The smallest absolute Gasteiger partial charge is 0.259 e. The van der Waals surface area contributed by atoms with Gasteiger partial charge in [-0.15, -0.1) is 0 Å². The van der Waals surface area contributed by atoms with Gasteiger partial charge in [0.25, 0.3) is 5.91 Å². The molecule has 0 bridgehead atoms. The van der Waals surface area contributed by atoms with E-state index in [1.165, 1.54) is 15.6 Å². The number of amides is 1. The zero-order valence-corrected chi connectivity index (χ0v) is 21.4. The molecule has 186 valence electrons. The monoisotopic (exact) mass is 502 g/mol. The quantitative estimate of drug-likeness (QED) is 0.369. The van der Waals surface area contributed by atoms with Gasteiger partial charge in [0.15, 0.2) is 0 Å². The largest absolute Gasteiger partial charge is 0.497 e. The van der Waals surface area contributed by atoms with Crippen molar-refractivity contribution >= 4 is 39.0 Å². The second-order valence-electron chi connectivity index (χ2n) is 8.80. The molecule has 0 aliphatic carbocycles. The number of ether oxygens (including phenoxy) is 2. The van der Waals surface area contributed by atoms with Crippen LogP contribution in [0, 0.1) is 0 Å². The van der Waals surface area contributed by atoms with Crippen LogP contribution in [0.2, 0.25) is 0 Å². The van der Waals surface area contributed by atoms with E-state index in [-0.39, 0.29) is 5.91 Å². The maximum absolute atomic E-state index is 12.7. The molecule has 5 rings (SSSR count). The maximum atomic E-state index is 12.7. The molecule has 36 heavy (non-hydrogen) atoms. The van der Waals surface area contributed by atoms with Crippen LogP contribution >= 0.6 is 11.5 Å². The molecule has 1 aliphatic heterocycles. The highest BCUT2D eigenvalue weighted by Gasteiger charge is 2.20. The summed E-state index contributed by atoms with van der Waals surface area (Å²) in [6, 6.07) is 21.7. The number of rotatable bonds is 8. The maximum Gasteiger partial charge on any atom is 0.259 e. The first-order valence-corrected chi connectivity index (χ1v) is 12.9. The molecule has 8 heteroatoms. The number of carbonyl (C=O) groups is 1. The first-order valence-electron chi connectivity index (χ1n) is 12.1. The molecule has 0 unspecified atom stereocenters. The van der Waals surface area contributed by atoms with Gasteiger partial charge in [-0.2, -0.15) is 4.37 Å². The van der Waals surface area contributed by atoms with Crippen LogP contribution in [0.4, 0.5) is 11.5 Å². The average molecular weight is 503 g/mol. The fourth-order valence-electron chi connectivity index (χ4n) is 4.51. The topological polar surface area (TPSA) is 66.9 Å². The van der Waals surface area contributed by atoms with E-state index in [2.05, 4.69) is 51.5 Å². The van der Waals surface area contributed by atoms with Crippen molar-refractivity contribution in [2.75, 3.05) is 57.2 Å². The third-order valence-electron chi connectivity index (χ3n) is 6.61. The van der Waals surface area contributed by atoms with E-state index >= 15 is 0 Å². The van der Waals surface area contributed by atoms with Gasteiger partial charge in [0.05, 0.1) is 24.5 Å². The average Bonchev–Trinajstić information content (AvgIpc) is 3.37. The lowest BCUT2D eigenvalue weighted by Gasteiger charge is -2.35. The number of benzene rings is 3. The summed E-state index contributed by atoms with van der Waals surface area (Å²) in [5.41, 5.74) is 2.47. The molecule has 0 spiro atoms. The number of aromatic nitrogens is 1. The highest BCUT2D eigenvalue weighted by atomic mass is 32.1. The van der Waals surface area contributed by atoms with E-state index in [0.717, 1.165) is 50.6 Å². The molecule has 4 aromatic rings. The van der Waals surface area contributed by atoms with Crippen LogP contribution in [0.25, 0.3) is 10.1 Å². The van der Waals surface area contributed by atoms with E-state index in [1.807, 2.05) is 12.1 Å². The number of fused-ring (bicyclic) bond motifs is 1. The van der Waals surface area contributed by atoms with Crippen molar-refractivity contribution in [2.24, 2.45) is 0 Å². The summed E-state index contributed by atoms with van der Waals surface area (Å²) in [5, 5.41) is 4.21. The molecule has 7 nitrogen and oxygen atoms in total. The Kier molecular flexibility index (Phi) is 7.34.